The predicted octanol–water partition coefficient (Wildman–Crippen LogP) is 2.88. The van der Waals surface area contributed by atoms with Gasteiger partial charge in [-0.3, -0.25) is 4.79 Å². The Morgan fingerprint density at radius 1 is 1.09 bits per heavy atom. The molecule has 3 nitrogen and oxygen atoms in total. The van der Waals surface area contributed by atoms with E-state index in [-0.39, 0.29) is 11.9 Å². The van der Waals surface area contributed by atoms with Gasteiger partial charge in [-0.2, -0.15) is 0 Å². The average molecular weight is 306 g/mol. The third-order valence-corrected chi connectivity index (χ3v) is 4.23. The largest absolute Gasteiger partial charge is 0.336 e. The average Bonchev–Trinajstić information content (AvgIpc) is 2.60. The Bertz CT molecular complexity index is 664. The fourth-order valence-electron chi connectivity index (χ4n) is 2.99. The number of hydrogen-bond donors (Lipinski definition) is 1. The number of carbonyl (C=O) groups excluding carboxylic acids is 1. The van der Waals surface area contributed by atoms with Crippen LogP contribution in [0.1, 0.15) is 5.56 Å². The molecule has 1 aliphatic heterocycles. The summed E-state index contributed by atoms with van der Waals surface area (Å²) in [7, 11) is 0. The standard InChI is InChI=1S/C20H22N2O/c1-2-13-22-14-12-21-19(20(22)23)15-16-8-10-18(11-9-16)17-6-4-3-5-7-17/h2-11,19,21H,1,12-15H2. The minimum atomic E-state index is -0.133. The number of piperazine rings is 1. The smallest absolute Gasteiger partial charge is 0.240 e. The van der Waals surface area contributed by atoms with Crippen LogP contribution in [-0.4, -0.2) is 36.5 Å². The zero-order valence-corrected chi connectivity index (χ0v) is 13.2. The van der Waals surface area contributed by atoms with E-state index in [0.717, 1.165) is 19.5 Å². The molecule has 1 heterocycles. The maximum absolute atomic E-state index is 12.4. The highest BCUT2D eigenvalue weighted by Gasteiger charge is 2.27. The SMILES string of the molecule is C=CCN1CCNC(Cc2ccc(-c3ccccc3)cc2)C1=O. The van der Waals surface area contributed by atoms with E-state index < -0.39 is 0 Å². The molecule has 1 saturated heterocycles. The molecular formula is C20H22N2O. The third kappa shape index (κ3) is 3.69. The first-order valence-corrected chi connectivity index (χ1v) is 8.05. The van der Waals surface area contributed by atoms with E-state index in [9.17, 15) is 4.79 Å². The maximum Gasteiger partial charge on any atom is 0.240 e. The first-order chi connectivity index (χ1) is 11.3. The number of hydrogen-bond acceptors (Lipinski definition) is 2. The Kier molecular flexibility index (Phi) is 4.89. The molecule has 1 fully saturated rings. The van der Waals surface area contributed by atoms with Gasteiger partial charge in [0.05, 0.1) is 6.04 Å². The monoisotopic (exact) mass is 306 g/mol. The fourth-order valence-corrected chi connectivity index (χ4v) is 2.99. The van der Waals surface area contributed by atoms with Crippen molar-refractivity contribution >= 4 is 5.91 Å². The van der Waals surface area contributed by atoms with Gasteiger partial charge in [0.15, 0.2) is 0 Å². The molecule has 0 aromatic heterocycles. The van der Waals surface area contributed by atoms with Crippen molar-refractivity contribution in [2.24, 2.45) is 0 Å². The number of amides is 1. The van der Waals surface area contributed by atoms with E-state index in [2.05, 4.69) is 48.3 Å². The second kappa shape index (κ2) is 7.25. The highest BCUT2D eigenvalue weighted by atomic mass is 16.2. The highest BCUT2D eigenvalue weighted by molar-refractivity contribution is 5.83. The quantitative estimate of drug-likeness (QED) is 0.862. The Balaban J connectivity index is 1.68. The fraction of sp³-hybridized carbons (Fsp3) is 0.250. The molecular weight excluding hydrogens is 284 g/mol. The zero-order chi connectivity index (χ0) is 16.1. The summed E-state index contributed by atoms with van der Waals surface area (Å²) in [6.45, 7) is 5.95. The molecule has 1 N–H and O–H groups in total. The summed E-state index contributed by atoms with van der Waals surface area (Å²) >= 11 is 0. The van der Waals surface area contributed by atoms with Crippen LogP contribution in [0.15, 0.2) is 67.3 Å². The van der Waals surface area contributed by atoms with Gasteiger partial charge in [0.1, 0.15) is 0 Å². The van der Waals surface area contributed by atoms with Gasteiger partial charge in [-0.25, -0.2) is 0 Å². The van der Waals surface area contributed by atoms with Crippen molar-refractivity contribution in [2.45, 2.75) is 12.5 Å². The van der Waals surface area contributed by atoms with Crippen molar-refractivity contribution in [1.82, 2.24) is 10.2 Å². The summed E-state index contributed by atoms with van der Waals surface area (Å²) in [5.41, 5.74) is 3.59. The third-order valence-electron chi connectivity index (χ3n) is 4.23. The van der Waals surface area contributed by atoms with Crippen molar-refractivity contribution in [2.75, 3.05) is 19.6 Å². The Morgan fingerprint density at radius 2 is 1.78 bits per heavy atom. The minimum absolute atomic E-state index is 0.133. The molecule has 1 unspecified atom stereocenters. The second-order valence-corrected chi connectivity index (χ2v) is 5.85. The Morgan fingerprint density at radius 3 is 2.48 bits per heavy atom. The van der Waals surface area contributed by atoms with Gasteiger partial charge in [-0.15, -0.1) is 6.58 Å². The number of rotatable bonds is 5. The predicted molar refractivity (Wildman–Crippen MR) is 94.1 cm³/mol. The van der Waals surface area contributed by atoms with Crippen LogP contribution in [0.3, 0.4) is 0 Å². The Hall–Kier alpha value is -2.39. The van der Waals surface area contributed by atoms with Gasteiger partial charge in [0.25, 0.3) is 0 Å². The molecule has 3 heteroatoms. The molecule has 23 heavy (non-hydrogen) atoms. The van der Waals surface area contributed by atoms with Crippen LogP contribution in [0.25, 0.3) is 11.1 Å². The number of nitrogens with one attached hydrogen (secondary N) is 1. The summed E-state index contributed by atoms with van der Waals surface area (Å²) in [6, 6.07) is 18.7. The summed E-state index contributed by atoms with van der Waals surface area (Å²) in [5, 5.41) is 3.33. The van der Waals surface area contributed by atoms with Crippen molar-refractivity contribution in [3.63, 3.8) is 0 Å². The molecule has 2 aromatic rings. The Labute approximate surface area is 137 Å². The first-order valence-electron chi connectivity index (χ1n) is 8.05. The van der Waals surface area contributed by atoms with Gasteiger partial charge in [0, 0.05) is 19.6 Å². The van der Waals surface area contributed by atoms with E-state index in [1.807, 2.05) is 23.1 Å². The van der Waals surface area contributed by atoms with Gasteiger partial charge in [-0.05, 0) is 23.1 Å². The molecule has 0 saturated carbocycles. The maximum atomic E-state index is 12.4. The number of nitrogens with zero attached hydrogens (tertiary/aromatic N) is 1. The second-order valence-electron chi connectivity index (χ2n) is 5.85. The van der Waals surface area contributed by atoms with Crippen LogP contribution in [0.2, 0.25) is 0 Å². The molecule has 0 radical (unpaired) electrons. The normalized spacial score (nSPS) is 18.0. The lowest BCUT2D eigenvalue weighted by Gasteiger charge is -2.32. The number of benzene rings is 2. The first kappa shape index (κ1) is 15.5. The molecule has 3 rings (SSSR count). The molecule has 118 valence electrons. The van der Waals surface area contributed by atoms with Crippen LogP contribution >= 0.6 is 0 Å². The topological polar surface area (TPSA) is 32.3 Å². The van der Waals surface area contributed by atoms with Crippen molar-refractivity contribution in [3.05, 3.63) is 72.8 Å². The lowest BCUT2D eigenvalue weighted by Crippen LogP contribution is -2.55. The molecule has 1 amide bonds. The van der Waals surface area contributed by atoms with Gasteiger partial charge < -0.3 is 10.2 Å². The summed E-state index contributed by atoms with van der Waals surface area (Å²) in [4.78, 5) is 14.3. The molecule has 2 aromatic carbocycles. The highest BCUT2D eigenvalue weighted by Crippen LogP contribution is 2.20. The van der Waals surface area contributed by atoms with Crippen LogP contribution in [-0.2, 0) is 11.2 Å². The van der Waals surface area contributed by atoms with Crippen molar-refractivity contribution < 1.29 is 4.79 Å². The van der Waals surface area contributed by atoms with Crippen LogP contribution < -0.4 is 5.32 Å². The minimum Gasteiger partial charge on any atom is -0.336 e. The van der Waals surface area contributed by atoms with E-state index in [1.165, 1.54) is 16.7 Å². The lowest BCUT2D eigenvalue weighted by molar-refractivity contribution is -0.135. The number of carbonyl (C=O) groups is 1. The molecule has 1 atom stereocenters. The van der Waals surface area contributed by atoms with Crippen LogP contribution in [0.4, 0.5) is 0 Å². The lowest BCUT2D eigenvalue weighted by atomic mass is 9.99. The summed E-state index contributed by atoms with van der Waals surface area (Å²) in [5.74, 6) is 0.170. The van der Waals surface area contributed by atoms with Crippen LogP contribution in [0, 0.1) is 0 Å². The van der Waals surface area contributed by atoms with E-state index in [0.29, 0.717) is 6.54 Å². The van der Waals surface area contributed by atoms with E-state index in [4.69, 9.17) is 0 Å². The van der Waals surface area contributed by atoms with E-state index >= 15 is 0 Å². The van der Waals surface area contributed by atoms with Crippen molar-refractivity contribution in [3.8, 4) is 11.1 Å². The van der Waals surface area contributed by atoms with Crippen molar-refractivity contribution in [1.29, 1.82) is 0 Å². The van der Waals surface area contributed by atoms with Gasteiger partial charge >= 0.3 is 0 Å². The van der Waals surface area contributed by atoms with E-state index in [1.54, 1.807) is 6.08 Å². The zero-order valence-electron chi connectivity index (χ0n) is 13.2. The van der Waals surface area contributed by atoms with Crippen LogP contribution in [0.5, 0.6) is 0 Å². The molecule has 1 aliphatic rings. The summed E-state index contributed by atoms with van der Waals surface area (Å²) < 4.78 is 0. The summed E-state index contributed by atoms with van der Waals surface area (Å²) in [6.07, 6.45) is 2.51. The molecule has 0 aliphatic carbocycles. The molecule has 0 spiro atoms. The van der Waals surface area contributed by atoms with Gasteiger partial charge in [-0.1, -0.05) is 60.7 Å². The molecule has 0 bridgehead atoms. The van der Waals surface area contributed by atoms with Gasteiger partial charge in [0.2, 0.25) is 5.91 Å².